The van der Waals surface area contributed by atoms with Crippen molar-refractivity contribution < 1.29 is 46.5 Å². The summed E-state index contributed by atoms with van der Waals surface area (Å²) >= 11 is 0. The fourth-order valence-electron chi connectivity index (χ4n) is 4.53. The van der Waals surface area contributed by atoms with Gasteiger partial charge in [-0.25, -0.2) is 14.4 Å². The van der Waals surface area contributed by atoms with E-state index in [1.54, 1.807) is 48.5 Å². The molecule has 0 spiro atoms. The minimum absolute atomic E-state index is 0.123. The number of alkyl halides is 3. The predicted octanol–water partition coefficient (Wildman–Crippen LogP) is 9.13. The molecule has 0 radical (unpaired) electrons. The van der Waals surface area contributed by atoms with Gasteiger partial charge in [-0.2, -0.15) is 13.2 Å². The molecule has 0 aliphatic carbocycles. The molecule has 3 aromatic rings. The lowest BCUT2D eigenvalue weighted by Crippen LogP contribution is -2.25. The Bertz CT molecular complexity index is 1370. The molecule has 1 atom stereocenters. The van der Waals surface area contributed by atoms with Gasteiger partial charge in [0.05, 0.1) is 30.4 Å². The van der Waals surface area contributed by atoms with Gasteiger partial charge in [0.2, 0.25) is 0 Å². The lowest BCUT2D eigenvalue weighted by Gasteiger charge is -2.13. The van der Waals surface area contributed by atoms with Gasteiger partial charge in [0.15, 0.2) is 0 Å². The van der Waals surface area contributed by atoms with Crippen molar-refractivity contribution >= 4 is 17.9 Å². The van der Waals surface area contributed by atoms with Crippen molar-refractivity contribution in [2.24, 2.45) is 0 Å². The zero-order valence-electron chi connectivity index (χ0n) is 26.3. The Morgan fingerprint density at radius 1 is 0.652 bits per heavy atom. The Hall–Kier alpha value is -4.34. The maximum absolute atomic E-state index is 12.6. The molecule has 0 aliphatic rings. The second-order valence-corrected chi connectivity index (χ2v) is 11.0. The number of unbranched alkanes of at least 4 members (excludes halogenated alkanes) is 6. The molecule has 0 fully saturated rings. The van der Waals surface area contributed by atoms with E-state index in [1.807, 2.05) is 31.2 Å². The molecule has 0 N–H and O–H groups in total. The molecule has 0 unspecified atom stereocenters. The highest BCUT2D eigenvalue weighted by molar-refractivity contribution is 5.91. The topological polar surface area (TPSA) is 88.1 Å². The Morgan fingerprint density at radius 3 is 1.78 bits per heavy atom. The van der Waals surface area contributed by atoms with Crippen molar-refractivity contribution in [3.63, 3.8) is 0 Å². The van der Waals surface area contributed by atoms with Crippen molar-refractivity contribution in [2.75, 3.05) is 13.2 Å². The Kier molecular flexibility index (Phi) is 14.6. The largest absolute Gasteiger partial charge is 0.494 e. The van der Waals surface area contributed by atoms with Crippen LogP contribution in [0.4, 0.5) is 13.2 Å². The molecular formula is C36H41F3O7. The molecule has 46 heavy (non-hydrogen) atoms. The van der Waals surface area contributed by atoms with E-state index in [0.717, 1.165) is 30.4 Å². The first kappa shape index (κ1) is 36.1. The van der Waals surface area contributed by atoms with Crippen molar-refractivity contribution in [3.05, 3.63) is 83.9 Å². The van der Waals surface area contributed by atoms with Gasteiger partial charge in [-0.1, -0.05) is 50.5 Å². The van der Waals surface area contributed by atoms with E-state index in [-0.39, 0.29) is 18.7 Å². The normalized spacial score (nSPS) is 11.8. The van der Waals surface area contributed by atoms with Crippen LogP contribution in [0.5, 0.6) is 11.5 Å². The quantitative estimate of drug-likeness (QED) is 0.0777. The molecule has 3 rings (SSSR count). The van der Waals surface area contributed by atoms with E-state index in [9.17, 15) is 27.6 Å². The highest BCUT2D eigenvalue weighted by Crippen LogP contribution is 2.24. The molecule has 3 aromatic carbocycles. The van der Waals surface area contributed by atoms with E-state index in [1.165, 1.54) is 12.8 Å². The van der Waals surface area contributed by atoms with Crippen LogP contribution in [0.15, 0.2) is 72.8 Å². The van der Waals surface area contributed by atoms with Gasteiger partial charge in [-0.3, -0.25) is 0 Å². The Balaban J connectivity index is 1.38. The van der Waals surface area contributed by atoms with Gasteiger partial charge in [-0.15, -0.1) is 0 Å². The third-order valence-corrected chi connectivity index (χ3v) is 7.15. The van der Waals surface area contributed by atoms with Gasteiger partial charge in [-0.05, 0) is 105 Å². The van der Waals surface area contributed by atoms with Crippen LogP contribution in [0.1, 0.15) is 92.4 Å². The fourth-order valence-corrected chi connectivity index (χ4v) is 4.53. The van der Waals surface area contributed by atoms with E-state index >= 15 is 0 Å². The number of hydrogen-bond donors (Lipinski definition) is 0. The van der Waals surface area contributed by atoms with Crippen LogP contribution < -0.4 is 9.47 Å². The van der Waals surface area contributed by atoms with Crippen molar-refractivity contribution in [3.8, 4) is 22.6 Å². The molecule has 0 saturated carbocycles. The maximum atomic E-state index is 12.6. The molecule has 0 amide bonds. The van der Waals surface area contributed by atoms with Gasteiger partial charge in [0.25, 0.3) is 0 Å². The highest BCUT2D eigenvalue weighted by Gasteiger charge is 2.40. The van der Waals surface area contributed by atoms with Gasteiger partial charge < -0.3 is 18.9 Å². The summed E-state index contributed by atoms with van der Waals surface area (Å²) in [4.78, 5) is 35.8. The van der Waals surface area contributed by atoms with Crippen molar-refractivity contribution in [2.45, 2.75) is 83.9 Å². The molecule has 0 aromatic heterocycles. The summed E-state index contributed by atoms with van der Waals surface area (Å²) in [7, 11) is 0. The average Bonchev–Trinajstić information content (AvgIpc) is 3.04. The Labute approximate surface area is 268 Å². The summed E-state index contributed by atoms with van der Waals surface area (Å²) in [6.07, 6.45) is 2.62. The molecule has 0 bridgehead atoms. The lowest BCUT2D eigenvalue weighted by atomic mass is 10.0. The second-order valence-electron chi connectivity index (χ2n) is 11.0. The molecular weight excluding hydrogens is 601 g/mol. The summed E-state index contributed by atoms with van der Waals surface area (Å²) in [6, 6.07) is 20.8. The number of hydrogen-bond acceptors (Lipinski definition) is 7. The predicted molar refractivity (Wildman–Crippen MR) is 168 cm³/mol. The van der Waals surface area contributed by atoms with Crippen LogP contribution in [-0.2, 0) is 14.3 Å². The SMILES string of the molecule is CCCCCC[C@@H](C)OC(=O)c1ccc(-c2ccc(OC(=O)c3ccc(OCCCCCCOC(=O)C(F)(F)F)cc3)cc2)cc1. The average molecular weight is 643 g/mol. The Morgan fingerprint density at radius 2 is 1.17 bits per heavy atom. The number of carbonyl (C=O) groups excluding carboxylic acids is 3. The zero-order valence-corrected chi connectivity index (χ0v) is 26.3. The molecule has 0 saturated heterocycles. The van der Waals surface area contributed by atoms with E-state index < -0.39 is 18.1 Å². The number of ether oxygens (including phenoxy) is 4. The summed E-state index contributed by atoms with van der Waals surface area (Å²) in [5.74, 6) is -2.07. The van der Waals surface area contributed by atoms with Crippen LogP contribution in [0.25, 0.3) is 11.1 Å². The van der Waals surface area contributed by atoms with Crippen LogP contribution in [0, 0.1) is 0 Å². The van der Waals surface area contributed by atoms with Crippen LogP contribution in [-0.4, -0.2) is 43.4 Å². The summed E-state index contributed by atoms with van der Waals surface area (Å²) in [6.45, 7) is 4.21. The van der Waals surface area contributed by atoms with E-state index in [2.05, 4.69) is 11.7 Å². The highest BCUT2D eigenvalue weighted by atomic mass is 19.4. The smallest absolute Gasteiger partial charge is 0.490 e. The number of rotatable bonds is 18. The van der Waals surface area contributed by atoms with Crippen LogP contribution >= 0.6 is 0 Å². The first-order chi connectivity index (χ1) is 22.1. The molecule has 10 heteroatoms. The first-order valence-corrected chi connectivity index (χ1v) is 15.7. The number of esters is 3. The van der Waals surface area contributed by atoms with Crippen LogP contribution in [0.2, 0.25) is 0 Å². The zero-order chi connectivity index (χ0) is 33.4. The number of halogens is 3. The van der Waals surface area contributed by atoms with Gasteiger partial charge in [0, 0.05) is 0 Å². The molecule has 248 valence electrons. The minimum atomic E-state index is -4.97. The monoisotopic (exact) mass is 642 g/mol. The lowest BCUT2D eigenvalue weighted by molar-refractivity contribution is -0.199. The summed E-state index contributed by atoms with van der Waals surface area (Å²) in [5, 5.41) is 0. The minimum Gasteiger partial charge on any atom is -0.494 e. The summed E-state index contributed by atoms with van der Waals surface area (Å²) in [5.41, 5.74) is 2.65. The first-order valence-electron chi connectivity index (χ1n) is 15.7. The third-order valence-electron chi connectivity index (χ3n) is 7.15. The molecule has 0 heterocycles. The van der Waals surface area contributed by atoms with Crippen LogP contribution in [0.3, 0.4) is 0 Å². The van der Waals surface area contributed by atoms with Crippen molar-refractivity contribution in [1.82, 2.24) is 0 Å². The third kappa shape index (κ3) is 12.6. The van der Waals surface area contributed by atoms with Gasteiger partial charge in [0.1, 0.15) is 11.5 Å². The summed E-state index contributed by atoms with van der Waals surface area (Å²) < 4.78 is 57.1. The van der Waals surface area contributed by atoms with E-state index in [0.29, 0.717) is 54.9 Å². The van der Waals surface area contributed by atoms with Crippen molar-refractivity contribution in [1.29, 1.82) is 0 Å². The number of benzene rings is 3. The fraction of sp³-hybridized carbons (Fsp3) is 0.417. The maximum Gasteiger partial charge on any atom is 0.490 e. The number of carbonyl (C=O) groups is 3. The molecule has 7 nitrogen and oxygen atoms in total. The standard InChI is InChI=1S/C36H41F3O7/c1-3-4-5-8-11-26(2)45-33(40)29-14-12-27(13-15-29)28-16-22-32(23-17-28)46-34(41)30-18-20-31(21-19-30)43-24-9-6-7-10-25-44-35(42)36(37,38)39/h12-23,26H,3-11,24-25H2,1-2H3/t26-/m1/s1. The molecule has 0 aliphatic heterocycles. The van der Waals surface area contributed by atoms with E-state index in [4.69, 9.17) is 14.2 Å². The second kappa shape index (κ2) is 18.6. The van der Waals surface area contributed by atoms with Gasteiger partial charge >= 0.3 is 24.1 Å².